The molecular formula is C14H14FN3O3. The van der Waals surface area contributed by atoms with Crippen molar-refractivity contribution in [2.45, 2.75) is 32.0 Å². The van der Waals surface area contributed by atoms with Crippen LogP contribution < -0.4 is 11.1 Å². The van der Waals surface area contributed by atoms with E-state index in [0.717, 1.165) is 0 Å². The molecule has 0 aliphatic carbocycles. The van der Waals surface area contributed by atoms with Crippen molar-refractivity contribution in [3.05, 3.63) is 34.6 Å². The third-order valence-electron chi connectivity index (χ3n) is 3.87. The van der Waals surface area contributed by atoms with Crippen molar-refractivity contribution in [2.24, 2.45) is 5.73 Å². The number of hydrogen-bond donors (Lipinski definition) is 2. The van der Waals surface area contributed by atoms with Crippen LogP contribution in [0.5, 0.6) is 0 Å². The zero-order valence-electron chi connectivity index (χ0n) is 11.2. The molecule has 110 valence electrons. The summed E-state index contributed by atoms with van der Waals surface area (Å²) < 4.78 is 14.0. The van der Waals surface area contributed by atoms with Gasteiger partial charge in [-0.25, -0.2) is 4.39 Å². The Labute approximate surface area is 120 Å². The number of fused-ring (bicyclic) bond motifs is 1. The summed E-state index contributed by atoms with van der Waals surface area (Å²) in [6.07, 6.45) is 0.433. The van der Waals surface area contributed by atoms with Gasteiger partial charge in [-0.3, -0.25) is 19.7 Å². The van der Waals surface area contributed by atoms with E-state index in [-0.39, 0.29) is 37.4 Å². The molecule has 3 N–H and O–H groups in total. The fourth-order valence-corrected chi connectivity index (χ4v) is 2.84. The molecule has 2 aliphatic rings. The van der Waals surface area contributed by atoms with Crippen LogP contribution in [-0.4, -0.2) is 28.7 Å². The summed E-state index contributed by atoms with van der Waals surface area (Å²) in [6.45, 7) is 0.335. The molecule has 1 unspecified atom stereocenters. The summed E-state index contributed by atoms with van der Waals surface area (Å²) in [6, 6.07) is 2.19. The van der Waals surface area contributed by atoms with Crippen LogP contribution in [0.15, 0.2) is 12.1 Å². The van der Waals surface area contributed by atoms with Crippen LogP contribution in [0.3, 0.4) is 0 Å². The molecule has 0 radical (unpaired) electrons. The van der Waals surface area contributed by atoms with E-state index in [0.29, 0.717) is 11.1 Å². The summed E-state index contributed by atoms with van der Waals surface area (Å²) in [7, 11) is 0. The number of nitrogens with zero attached hydrogens (tertiary/aromatic N) is 1. The highest BCUT2D eigenvalue weighted by atomic mass is 19.1. The van der Waals surface area contributed by atoms with E-state index >= 15 is 0 Å². The van der Waals surface area contributed by atoms with Crippen LogP contribution in [0, 0.1) is 5.82 Å². The number of hydrogen-bond acceptors (Lipinski definition) is 4. The van der Waals surface area contributed by atoms with Crippen molar-refractivity contribution in [3.8, 4) is 0 Å². The number of nitrogens with one attached hydrogen (secondary N) is 1. The lowest BCUT2D eigenvalue weighted by Gasteiger charge is -2.29. The van der Waals surface area contributed by atoms with Crippen LogP contribution >= 0.6 is 0 Å². The first-order chi connectivity index (χ1) is 10.0. The van der Waals surface area contributed by atoms with E-state index < -0.39 is 23.7 Å². The van der Waals surface area contributed by atoms with E-state index in [1.807, 2.05) is 0 Å². The second kappa shape index (κ2) is 4.92. The zero-order valence-corrected chi connectivity index (χ0v) is 11.2. The van der Waals surface area contributed by atoms with Gasteiger partial charge in [0.1, 0.15) is 11.9 Å². The summed E-state index contributed by atoms with van der Waals surface area (Å²) in [5, 5.41) is 2.21. The van der Waals surface area contributed by atoms with Crippen molar-refractivity contribution in [1.29, 1.82) is 0 Å². The molecule has 1 aromatic carbocycles. The summed E-state index contributed by atoms with van der Waals surface area (Å²) in [5.74, 6) is -1.99. The van der Waals surface area contributed by atoms with E-state index in [1.165, 1.54) is 11.0 Å². The lowest BCUT2D eigenvalue weighted by molar-refractivity contribution is -0.136. The number of nitrogens with two attached hydrogens (primary N) is 1. The average molecular weight is 291 g/mol. The quantitative estimate of drug-likeness (QED) is 0.753. The Morgan fingerprint density at radius 2 is 2.10 bits per heavy atom. The molecule has 1 atom stereocenters. The Morgan fingerprint density at radius 1 is 1.33 bits per heavy atom. The number of carbonyl (C=O) groups is 3. The minimum Gasteiger partial charge on any atom is -0.326 e. The number of halogens is 1. The first kappa shape index (κ1) is 13.7. The zero-order chi connectivity index (χ0) is 15.1. The topological polar surface area (TPSA) is 92.5 Å². The number of benzene rings is 1. The third kappa shape index (κ3) is 2.19. The van der Waals surface area contributed by atoms with Crippen molar-refractivity contribution in [2.75, 3.05) is 0 Å². The molecule has 3 rings (SSSR count). The number of carbonyl (C=O) groups excluding carboxylic acids is 3. The number of piperidine rings is 1. The Morgan fingerprint density at radius 3 is 2.76 bits per heavy atom. The maximum Gasteiger partial charge on any atom is 0.258 e. The van der Waals surface area contributed by atoms with Crippen LogP contribution in [0.25, 0.3) is 0 Å². The van der Waals surface area contributed by atoms with Gasteiger partial charge in [0.25, 0.3) is 5.91 Å². The van der Waals surface area contributed by atoms with Crippen LogP contribution in [0.2, 0.25) is 0 Å². The van der Waals surface area contributed by atoms with Gasteiger partial charge in [-0.15, -0.1) is 0 Å². The molecule has 3 amide bonds. The van der Waals surface area contributed by atoms with E-state index in [1.54, 1.807) is 6.07 Å². The Bertz CT molecular complexity index is 659. The fraction of sp³-hybridized carbons (Fsp3) is 0.357. The van der Waals surface area contributed by atoms with Crippen molar-refractivity contribution < 1.29 is 18.8 Å². The summed E-state index contributed by atoms with van der Waals surface area (Å²) in [4.78, 5) is 36.7. The lowest BCUT2D eigenvalue weighted by atomic mass is 10.0. The predicted molar refractivity (Wildman–Crippen MR) is 70.3 cm³/mol. The smallest absolute Gasteiger partial charge is 0.258 e. The van der Waals surface area contributed by atoms with Gasteiger partial charge >= 0.3 is 0 Å². The molecule has 2 heterocycles. The minimum atomic E-state index is -0.733. The first-order valence-electron chi connectivity index (χ1n) is 6.67. The second-order valence-corrected chi connectivity index (χ2v) is 5.22. The summed E-state index contributed by atoms with van der Waals surface area (Å²) in [5.41, 5.74) is 6.63. The molecule has 0 bridgehead atoms. The van der Waals surface area contributed by atoms with E-state index in [9.17, 15) is 18.8 Å². The fourth-order valence-electron chi connectivity index (χ4n) is 2.84. The highest BCUT2D eigenvalue weighted by Crippen LogP contribution is 2.30. The molecule has 0 saturated carbocycles. The Balaban J connectivity index is 1.92. The predicted octanol–water partition coefficient (Wildman–Crippen LogP) is 0.0454. The molecular weight excluding hydrogens is 277 g/mol. The Kier molecular flexibility index (Phi) is 3.21. The van der Waals surface area contributed by atoms with Crippen molar-refractivity contribution in [1.82, 2.24) is 10.2 Å². The van der Waals surface area contributed by atoms with Crippen LogP contribution in [0.4, 0.5) is 4.39 Å². The number of amides is 3. The standard InChI is InChI=1S/C14H14FN3O3/c15-9-4-7(5-16)3-8-6-18(14(21)12(8)9)10-1-2-11(19)17-13(10)20/h3-4,10H,1-2,5-6,16H2,(H,17,19,20). The van der Waals surface area contributed by atoms with Gasteiger partial charge in [0, 0.05) is 19.5 Å². The molecule has 6 nitrogen and oxygen atoms in total. The molecule has 1 aromatic rings. The van der Waals surface area contributed by atoms with Crippen molar-refractivity contribution in [3.63, 3.8) is 0 Å². The minimum absolute atomic E-state index is 0.00287. The highest BCUT2D eigenvalue weighted by Gasteiger charge is 2.40. The maximum absolute atomic E-state index is 14.0. The van der Waals surface area contributed by atoms with Gasteiger partial charge in [0.2, 0.25) is 11.8 Å². The van der Waals surface area contributed by atoms with E-state index in [2.05, 4.69) is 5.32 Å². The molecule has 7 heteroatoms. The third-order valence-corrected chi connectivity index (χ3v) is 3.87. The maximum atomic E-state index is 14.0. The average Bonchev–Trinajstić information content (AvgIpc) is 2.76. The van der Waals surface area contributed by atoms with E-state index in [4.69, 9.17) is 5.73 Å². The van der Waals surface area contributed by atoms with Crippen molar-refractivity contribution >= 4 is 17.7 Å². The molecule has 21 heavy (non-hydrogen) atoms. The SMILES string of the molecule is NCc1cc(F)c2c(c1)CN(C1CCC(=O)NC1=O)C2=O. The number of rotatable bonds is 2. The largest absolute Gasteiger partial charge is 0.326 e. The van der Waals surface area contributed by atoms with Gasteiger partial charge < -0.3 is 10.6 Å². The second-order valence-electron chi connectivity index (χ2n) is 5.22. The van der Waals surface area contributed by atoms with Gasteiger partial charge in [-0.1, -0.05) is 6.07 Å². The van der Waals surface area contributed by atoms with Gasteiger partial charge in [-0.05, 0) is 23.6 Å². The molecule has 0 aromatic heterocycles. The van der Waals surface area contributed by atoms with Crippen LogP contribution in [-0.2, 0) is 22.7 Å². The summed E-state index contributed by atoms with van der Waals surface area (Å²) >= 11 is 0. The lowest BCUT2D eigenvalue weighted by Crippen LogP contribution is -2.52. The monoisotopic (exact) mass is 291 g/mol. The molecule has 2 aliphatic heterocycles. The number of imide groups is 1. The highest BCUT2D eigenvalue weighted by molar-refractivity contribution is 6.05. The van der Waals surface area contributed by atoms with Crippen LogP contribution in [0.1, 0.15) is 34.3 Å². The first-order valence-corrected chi connectivity index (χ1v) is 6.67. The molecule has 1 fully saturated rings. The Hall–Kier alpha value is -2.28. The van der Waals surface area contributed by atoms with Gasteiger partial charge in [-0.2, -0.15) is 0 Å². The molecule has 1 saturated heterocycles. The normalized spacial score (nSPS) is 21.5. The van der Waals surface area contributed by atoms with Gasteiger partial charge in [0.15, 0.2) is 0 Å². The van der Waals surface area contributed by atoms with Gasteiger partial charge in [0.05, 0.1) is 5.56 Å². The molecule has 0 spiro atoms.